The van der Waals surface area contributed by atoms with E-state index in [-0.39, 0.29) is 11.8 Å². The molecule has 0 aliphatic carbocycles. The number of nitrogens with zero attached hydrogens (tertiary/aromatic N) is 3. The normalized spacial score (nSPS) is 16.2. The van der Waals surface area contributed by atoms with Gasteiger partial charge in [0.05, 0.1) is 22.3 Å². The molecule has 0 radical (unpaired) electrons. The van der Waals surface area contributed by atoms with E-state index < -0.39 is 0 Å². The molecule has 1 heterocycles. The maximum Gasteiger partial charge on any atom is 0.219 e. The van der Waals surface area contributed by atoms with Gasteiger partial charge in [0.2, 0.25) is 5.91 Å². The van der Waals surface area contributed by atoms with Crippen LogP contribution in [-0.2, 0) is 4.79 Å². The van der Waals surface area contributed by atoms with Crippen LogP contribution in [0.1, 0.15) is 6.92 Å². The Kier molecular flexibility index (Phi) is 5.31. The second-order valence-corrected chi connectivity index (χ2v) is 5.51. The van der Waals surface area contributed by atoms with E-state index in [2.05, 4.69) is 9.89 Å². The number of anilines is 1. The third-order valence-electron chi connectivity index (χ3n) is 3.41. The summed E-state index contributed by atoms with van der Waals surface area (Å²) in [6, 6.07) is 5.51. The number of hydrogen-bond donors (Lipinski definition) is 1. The van der Waals surface area contributed by atoms with Crippen LogP contribution in [-0.4, -0.2) is 48.7 Å². The van der Waals surface area contributed by atoms with Gasteiger partial charge >= 0.3 is 0 Å². The van der Waals surface area contributed by atoms with E-state index in [1.54, 1.807) is 6.92 Å². The molecule has 0 bridgehead atoms. The van der Waals surface area contributed by atoms with Gasteiger partial charge in [-0.05, 0) is 12.1 Å². The average Bonchev–Trinajstić information content (AvgIpc) is 2.47. The van der Waals surface area contributed by atoms with Gasteiger partial charge in [-0.3, -0.25) is 4.79 Å². The van der Waals surface area contributed by atoms with Crippen molar-refractivity contribution in [2.24, 2.45) is 10.7 Å². The van der Waals surface area contributed by atoms with Gasteiger partial charge in [0.1, 0.15) is 5.84 Å². The van der Waals surface area contributed by atoms with Crippen molar-refractivity contribution in [2.45, 2.75) is 6.92 Å². The summed E-state index contributed by atoms with van der Waals surface area (Å²) in [5.41, 5.74) is 7.27. The van der Waals surface area contributed by atoms with Gasteiger partial charge in [-0.2, -0.15) is 0 Å². The van der Waals surface area contributed by atoms with Crippen molar-refractivity contribution in [3.8, 4) is 0 Å². The predicted molar refractivity (Wildman–Crippen MR) is 87.9 cm³/mol. The fourth-order valence-electron chi connectivity index (χ4n) is 2.34. The van der Waals surface area contributed by atoms with E-state index in [9.17, 15) is 4.79 Å². The van der Waals surface area contributed by atoms with E-state index in [0.29, 0.717) is 42.7 Å². The molecule has 0 aromatic heterocycles. The van der Waals surface area contributed by atoms with Crippen LogP contribution in [0.15, 0.2) is 23.2 Å². The second kappa shape index (κ2) is 7.00. The van der Waals surface area contributed by atoms with Crippen LogP contribution >= 0.6 is 23.2 Å². The molecule has 7 heteroatoms. The summed E-state index contributed by atoms with van der Waals surface area (Å²) in [7, 11) is 0. The topological polar surface area (TPSA) is 61.9 Å². The smallest absolute Gasteiger partial charge is 0.219 e. The van der Waals surface area contributed by atoms with Crippen LogP contribution in [0.5, 0.6) is 0 Å². The van der Waals surface area contributed by atoms with E-state index in [1.165, 1.54) is 0 Å². The van der Waals surface area contributed by atoms with Gasteiger partial charge in [0, 0.05) is 33.1 Å². The number of rotatable bonds is 3. The van der Waals surface area contributed by atoms with E-state index in [0.717, 1.165) is 5.69 Å². The molecule has 2 rings (SSSR count). The first-order chi connectivity index (χ1) is 10.0. The molecule has 1 fully saturated rings. The number of alkyl halides is 1. The number of hydrogen-bond acceptors (Lipinski definition) is 3. The molecular weight excluding hydrogens is 311 g/mol. The summed E-state index contributed by atoms with van der Waals surface area (Å²) < 4.78 is 0. The Hall–Kier alpha value is -1.46. The Morgan fingerprint density at radius 3 is 2.57 bits per heavy atom. The molecule has 1 aromatic carbocycles. The van der Waals surface area contributed by atoms with Crippen molar-refractivity contribution in [3.63, 3.8) is 0 Å². The SMILES string of the molecule is CC(=O)N1CCN(c2c(Cl)cccc2N=C(N)CCl)CC1. The quantitative estimate of drug-likeness (QED) is 0.525. The number of carbonyl (C=O) groups excluding carboxylic acids is 1. The third-order valence-corrected chi connectivity index (χ3v) is 3.99. The molecule has 1 amide bonds. The van der Waals surface area contributed by atoms with Gasteiger partial charge in [-0.25, -0.2) is 4.99 Å². The van der Waals surface area contributed by atoms with Gasteiger partial charge in [-0.15, -0.1) is 11.6 Å². The lowest BCUT2D eigenvalue weighted by molar-refractivity contribution is -0.129. The third kappa shape index (κ3) is 3.80. The number of amides is 1. The summed E-state index contributed by atoms with van der Waals surface area (Å²) in [6.45, 7) is 4.37. The van der Waals surface area contributed by atoms with Crippen LogP contribution in [0, 0.1) is 0 Å². The van der Waals surface area contributed by atoms with Crippen molar-refractivity contribution >= 4 is 46.3 Å². The monoisotopic (exact) mass is 328 g/mol. The Balaban J connectivity index is 2.26. The fourth-order valence-corrected chi connectivity index (χ4v) is 2.69. The lowest BCUT2D eigenvalue weighted by Gasteiger charge is -2.36. The van der Waals surface area contributed by atoms with Crippen molar-refractivity contribution in [1.29, 1.82) is 0 Å². The van der Waals surface area contributed by atoms with Crippen molar-refractivity contribution in [2.75, 3.05) is 37.0 Å². The first-order valence-corrected chi connectivity index (χ1v) is 7.62. The minimum Gasteiger partial charge on any atom is -0.386 e. The number of piperazine rings is 1. The summed E-state index contributed by atoms with van der Waals surface area (Å²) in [4.78, 5) is 19.7. The molecule has 0 saturated carbocycles. The van der Waals surface area contributed by atoms with E-state index in [4.69, 9.17) is 28.9 Å². The average molecular weight is 329 g/mol. The summed E-state index contributed by atoms with van der Waals surface area (Å²) in [6.07, 6.45) is 0. The second-order valence-electron chi connectivity index (χ2n) is 4.84. The van der Waals surface area contributed by atoms with Crippen molar-refractivity contribution in [1.82, 2.24) is 4.90 Å². The van der Waals surface area contributed by atoms with Crippen molar-refractivity contribution < 1.29 is 4.79 Å². The minimum atomic E-state index is 0.0958. The first kappa shape index (κ1) is 15.9. The molecule has 1 aliphatic heterocycles. The lowest BCUT2D eigenvalue weighted by atomic mass is 10.2. The number of benzene rings is 1. The Bertz CT molecular complexity index is 554. The Morgan fingerprint density at radius 1 is 1.33 bits per heavy atom. The number of carbonyl (C=O) groups is 1. The van der Waals surface area contributed by atoms with E-state index >= 15 is 0 Å². The largest absolute Gasteiger partial charge is 0.386 e. The maximum atomic E-state index is 11.4. The molecule has 2 N–H and O–H groups in total. The summed E-state index contributed by atoms with van der Waals surface area (Å²) in [5.74, 6) is 0.616. The zero-order valence-electron chi connectivity index (χ0n) is 11.9. The molecule has 5 nitrogen and oxygen atoms in total. The van der Waals surface area contributed by atoms with Gasteiger partial charge in [0.15, 0.2) is 0 Å². The molecule has 0 atom stereocenters. The molecule has 1 saturated heterocycles. The lowest BCUT2D eigenvalue weighted by Crippen LogP contribution is -2.48. The fraction of sp³-hybridized carbons (Fsp3) is 0.429. The number of nitrogens with two attached hydrogens (primary N) is 1. The maximum absolute atomic E-state index is 11.4. The molecule has 0 spiro atoms. The van der Waals surface area contributed by atoms with Crippen LogP contribution in [0.3, 0.4) is 0 Å². The van der Waals surface area contributed by atoms with Crippen LogP contribution in [0.2, 0.25) is 5.02 Å². The number of amidine groups is 1. The zero-order valence-corrected chi connectivity index (χ0v) is 13.4. The van der Waals surface area contributed by atoms with Crippen molar-refractivity contribution in [3.05, 3.63) is 23.2 Å². The number of halogens is 2. The Morgan fingerprint density at radius 2 is 2.00 bits per heavy atom. The van der Waals surface area contributed by atoms with E-state index in [1.807, 2.05) is 23.1 Å². The molecule has 1 aromatic rings. The van der Waals surface area contributed by atoms with Gasteiger partial charge < -0.3 is 15.5 Å². The summed E-state index contributed by atoms with van der Waals surface area (Å²) >= 11 is 12.0. The summed E-state index contributed by atoms with van der Waals surface area (Å²) in [5, 5.41) is 0.620. The minimum absolute atomic E-state index is 0.0958. The number of para-hydroxylation sites is 1. The molecule has 114 valence electrons. The molecule has 0 unspecified atom stereocenters. The van der Waals surface area contributed by atoms with Crippen LogP contribution < -0.4 is 10.6 Å². The molecule has 1 aliphatic rings. The van der Waals surface area contributed by atoms with Gasteiger partial charge in [-0.1, -0.05) is 17.7 Å². The number of aliphatic imine (C=N–C) groups is 1. The highest BCUT2D eigenvalue weighted by Crippen LogP contribution is 2.36. The standard InChI is InChI=1S/C14H18Cl2N4O/c1-10(21)19-5-7-20(8-6-19)14-11(16)3-2-4-12(14)18-13(17)9-15/h2-4H,5-9H2,1H3,(H2,17,18). The zero-order chi connectivity index (χ0) is 15.4. The van der Waals surface area contributed by atoms with Crippen LogP contribution in [0.4, 0.5) is 11.4 Å². The van der Waals surface area contributed by atoms with Crippen LogP contribution in [0.25, 0.3) is 0 Å². The molecule has 21 heavy (non-hydrogen) atoms. The first-order valence-electron chi connectivity index (χ1n) is 6.71. The highest BCUT2D eigenvalue weighted by molar-refractivity contribution is 6.34. The highest BCUT2D eigenvalue weighted by atomic mass is 35.5. The predicted octanol–water partition coefficient (Wildman–Crippen LogP) is 2.24. The molecular formula is C14H18Cl2N4O. The highest BCUT2D eigenvalue weighted by Gasteiger charge is 2.22. The van der Waals surface area contributed by atoms with Gasteiger partial charge in [0.25, 0.3) is 0 Å². The Labute approximate surface area is 134 Å².